The van der Waals surface area contributed by atoms with E-state index in [0.29, 0.717) is 29.9 Å². The zero-order valence-electron chi connectivity index (χ0n) is 7.49. The summed E-state index contributed by atoms with van der Waals surface area (Å²) in [6.45, 7) is 0.0615. The molecular formula is C10H10O4. The summed E-state index contributed by atoms with van der Waals surface area (Å²) in [4.78, 5) is 11.5. The van der Waals surface area contributed by atoms with E-state index < -0.39 is 0 Å². The predicted molar refractivity (Wildman–Crippen MR) is 48.5 cm³/mol. The van der Waals surface area contributed by atoms with Crippen LogP contribution in [-0.2, 0) is 6.61 Å². The number of rotatable bonds is 1. The second-order valence-electron chi connectivity index (χ2n) is 3.16. The molecule has 2 rings (SSSR count). The van der Waals surface area contributed by atoms with Gasteiger partial charge in [-0.3, -0.25) is 4.79 Å². The molecule has 4 nitrogen and oxygen atoms in total. The van der Waals surface area contributed by atoms with Gasteiger partial charge in [0.1, 0.15) is 11.5 Å². The SMILES string of the molecule is O=C1CCOc2cc(O)cc(CO)c21. The molecule has 0 saturated carbocycles. The normalized spacial score (nSPS) is 14.8. The number of aromatic hydroxyl groups is 1. The molecule has 0 bridgehead atoms. The highest BCUT2D eigenvalue weighted by atomic mass is 16.5. The van der Waals surface area contributed by atoms with Crippen LogP contribution < -0.4 is 4.74 Å². The molecule has 0 atom stereocenters. The van der Waals surface area contributed by atoms with Crippen molar-refractivity contribution in [3.63, 3.8) is 0 Å². The lowest BCUT2D eigenvalue weighted by Gasteiger charge is -2.18. The van der Waals surface area contributed by atoms with Crippen LogP contribution in [0, 0.1) is 0 Å². The van der Waals surface area contributed by atoms with Gasteiger partial charge in [0.2, 0.25) is 0 Å². The number of aliphatic hydroxyl groups excluding tert-OH is 1. The standard InChI is InChI=1S/C10H10O4/c11-5-6-3-7(12)4-9-10(6)8(13)1-2-14-9/h3-4,11-12H,1-2,5H2. The summed E-state index contributed by atoms with van der Waals surface area (Å²) in [5.74, 6) is 0.322. The summed E-state index contributed by atoms with van der Waals surface area (Å²) in [5, 5.41) is 18.3. The van der Waals surface area contributed by atoms with Crippen molar-refractivity contribution in [2.45, 2.75) is 13.0 Å². The van der Waals surface area contributed by atoms with Crippen LogP contribution in [0.2, 0.25) is 0 Å². The van der Waals surface area contributed by atoms with Crippen molar-refractivity contribution in [3.05, 3.63) is 23.3 Å². The third-order valence-electron chi connectivity index (χ3n) is 2.20. The van der Waals surface area contributed by atoms with Crippen molar-refractivity contribution in [3.8, 4) is 11.5 Å². The predicted octanol–water partition coefficient (Wildman–Crippen LogP) is 0.850. The first kappa shape index (κ1) is 9.02. The Balaban J connectivity index is 2.61. The third kappa shape index (κ3) is 1.33. The number of benzene rings is 1. The monoisotopic (exact) mass is 194 g/mol. The van der Waals surface area contributed by atoms with Crippen LogP contribution in [0.3, 0.4) is 0 Å². The third-order valence-corrected chi connectivity index (χ3v) is 2.20. The van der Waals surface area contributed by atoms with E-state index in [2.05, 4.69) is 0 Å². The van der Waals surface area contributed by atoms with E-state index in [4.69, 9.17) is 9.84 Å². The van der Waals surface area contributed by atoms with E-state index in [1.807, 2.05) is 0 Å². The molecule has 0 aliphatic carbocycles. The van der Waals surface area contributed by atoms with Crippen molar-refractivity contribution in [1.82, 2.24) is 0 Å². The first-order chi connectivity index (χ1) is 6.72. The molecule has 2 N–H and O–H groups in total. The summed E-state index contributed by atoms with van der Waals surface area (Å²) in [5.41, 5.74) is 0.821. The number of hydrogen-bond acceptors (Lipinski definition) is 4. The Kier molecular flexibility index (Phi) is 2.13. The molecule has 0 radical (unpaired) electrons. The first-order valence-electron chi connectivity index (χ1n) is 4.35. The minimum absolute atomic E-state index is 0.00231. The van der Waals surface area contributed by atoms with Gasteiger partial charge in [0.05, 0.1) is 18.8 Å². The molecule has 0 aromatic heterocycles. The van der Waals surface area contributed by atoms with Crippen molar-refractivity contribution >= 4 is 5.78 Å². The summed E-state index contributed by atoms with van der Waals surface area (Å²) in [7, 11) is 0. The molecule has 1 aliphatic heterocycles. The number of ketones is 1. The Morgan fingerprint density at radius 2 is 2.21 bits per heavy atom. The number of phenols is 1. The average molecular weight is 194 g/mol. The average Bonchev–Trinajstić information content (AvgIpc) is 2.16. The fourth-order valence-electron chi connectivity index (χ4n) is 1.59. The van der Waals surface area contributed by atoms with Crippen molar-refractivity contribution < 1.29 is 19.7 Å². The van der Waals surface area contributed by atoms with Crippen LogP contribution in [0.4, 0.5) is 0 Å². The van der Waals surface area contributed by atoms with Gasteiger partial charge in [0.25, 0.3) is 0 Å². The molecule has 1 aliphatic rings. The fraction of sp³-hybridized carbons (Fsp3) is 0.300. The van der Waals surface area contributed by atoms with E-state index in [9.17, 15) is 9.90 Å². The van der Waals surface area contributed by atoms with Crippen LogP contribution in [0.25, 0.3) is 0 Å². The number of Topliss-reactive ketones (excluding diaryl/α,β-unsaturated/α-hetero) is 1. The molecule has 0 amide bonds. The Labute approximate surface area is 80.7 Å². The van der Waals surface area contributed by atoms with Gasteiger partial charge in [0.15, 0.2) is 5.78 Å². The molecule has 4 heteroatoms. The maximum Gasteiger partial charge on any atom is 0.170 e. The molecule has 0 saturated heterocycles. The maximum absolute atomic E-state index is 11.5. The summed E-state index contributed by atoms with van der Waals surface area (Å²) < 4.78 is 5.23. The minimum atomic E-state index is -0.272. The number of aliphatic hydroxyl groups is 1. The number of ether oxygens (including phenoxy) is 1. The van der Waals surface area contributed by atoms with Crippen LogP contribution in [0.1, 0.15) is 22.3 Å². The highest BCUT2D eigenvalue weighted by Crippen LogP contribution is 2.32. The minimum Gasteiger partial charge on any atom is -0.508 e. The van der Waals surface area contributed by atoms with Gasteiger partial charge < -0.3 is 14.9 Å². The lowest BCUT2D eigenvalue weighted by Crippen LogP contribution is -2.17. The number of carbonyl (C=O) groups excluding carboxylic acids is 1. The lowest BCUT2D eigenvalue weighted by molar-refractivity contribution is 0.0929. The number of phenolic OH excluding ortho intramolecular Hbond substituents is 1. The van der Waals surface area contributed by atoms with Gasteiger partial charge in [-0.2, -0.15) is 0 Å². The second kappa shape index (κ2) is 3.31. The highest BCUT2D eigenvalue weighted by Gasteiger charge is 2.22. The van der Waals surface area contributed by atoms with Crippen LogP contribution in [-0.4, -0.2) is 22.6 Å². The Bertz CT molecular complexity index is 367. The zero-order valence-corrected chi connectivity index (χ0v) is 7.49. The topological polar surface area (TPSA) is 66.8 Å². The van der Waals surface area contributed by atoms with Crippen LogP contribution >= 0.6 is 0 Å². The molecule has 14 heavy (non-hydrogen) atoms. The van der Waals surface area contributed by atoms with Crippen molar-refractivity contribution in [1.29, 1.82) is 0 Å². The van der Waals surface area contributed by atoms with Gasteiger partial charge in [0, 0.05) is 12.5 Å². The number of carbonyl (C=O) groups is 1. The van der Waals surface area contributed by atoms with Gasteiger partial charge in [-0.15, -0.1) is 0 Å². The maximum atomic E-state index is 11.5. The summed E-state index contributed by atoms with van der Waals surface area (Å²) >= 11 is 0. The number of fused-ring (bicyclic) bond motifs is 1. The Morgan fingerprint density at radius 1 is 1.43 bits per heavy atom. The molecular weight excluding hydrogens is 184 g/mol. The Hall–Kier alpha value is -1.55. The van der Waals surface area contributed by atoms with Crippen molar-refractivity contribution in [2.24, 2.45) is 0 Å². The number of hydrogen-bond donors (Lipinski definition) is 2. The molecule has 74 valence electrons. The zero-order chi connectivity index (χ0) is 10.1. The molecule has 0 spiro atoms. The van der Waals surface area contributed by atoms with Crippen LogP contribution in [0.15, 0.2) is 12.1 Å². The lowest BCUT2D eigenvalue weighted by atomic mass is 9.99. The molecule has 0 fully saturated rings. The van der Waals surface area contributed by atoms with E-state index >= 15 is 0 Å². The van der Waals surface area contributed by atoms with E-state index in [1.165, 1.54) is 12.1 Å². The molecule has 1 aromatic carbocycles. The molecule has 1 aromatic rings. The molecule has 0 unspecified atom stereocenters. The smallest absolute Gasteiger partial charge is 0.170 e. The highest BCUT2D eigenvalue weighted by molar-refractivity contribution is 6.01. The first-order valence-corrected chi connectivity index (χ1v) is 4.35. The van der Waals surface area contributed by atoms with Gasteiger partial charge in [-0.25, -0.2) is 0 Å². The van der Waals surface area contributed by atoms with Gasteiger partial charge in [-0.05, 0) is 11.6 Å². The largest absolute Gasteiger partial charge is 0.508 e. The summed E-state index contributed by atoms with van der Waals surface area (Å²) in [6, 6.07) is 2.77. The fourth-order valence-corrected chi connectivity index (χ4v) is 1.59. The van der Waals surface area contributed by atoms with E-state index in [1.54, 1.807) is 0 Å². The Morgan fingerprint density at radius 3 is 2.93 bits per heavy atom. The van der Waals surface area contributed by atoms with Crippen LogP contribution in [0.5, 0.6) is 11.5 Å². The van der Waals surface area contributed by atoms with Gasteiger partial charge in [-0.1, -0.05) is 0 Å². The molecule has 1 heterocycles. The van der Waals surface area contributed by atoms with Gasteiger partial charge >= 0.3 is 0 Å². The van der Waals surface area contributed by atoms with E-state index in [-0.39, 0.29) is 18.1 Å². The van der Waals surface area contributed by atoms with Crippen molar-refractivity contribution in [2.75, 3.05) is 6.61 Å². The second-order valence-corrected chi connectivity index (χ2v) is 3.16. The van der Waals surface area contributed by atoms with E-state index in [0.717, 1.165) is 0 Å². The quantitative estimate of drug-likeness (QED) is 0.695. The summed E-state index contributed by atoms with van der Waals surface area (Å²) in [6.07, 6.45) is 0.324.